The Hall–Kier alpha value is -1.36. The van der Waals surface area contributed by atoms with Gasteiger partial charge in [0.2, 0.25) is 0 Å². The van der Waals surface area contributed by atoms with Crippen LogP contribution in [0.25, 0.3) is 0 Å². The Morgan fingerprint density at radius 1 is 1.40 bits per heavy atom. The molecule has 110 valence electrons. The number of carbonyl (C=O) groups is 2. The van der Waals surface area contributed by atoms with Gasteiger partial charge in [0, 0.05) is 10.5 Å². The Morgan fingerprint density at radius 2 is 2.10 bits per heavy atom. The smallest absolute Gasteiger partial charge is 0.258 e. The van der Waals surface area contributed by atoms with Crippen molar-refractivity contribution in [3.05, 3.63) is 28.2 Å². The summed E-state index contributed by atoms with van der Waals surface area (Å²) < 4.78 is 6.24. The lowest BCUT2D eigenvalue weighted by Crippen LogP contribution is -2.36. The summed E-state index contributed by atoms with van der Waals surface area (Å²) in [6.07, 6.45) is 1.95. The average molecular weight is 342 g/mol. The summed E-state index contributed by atoms with van der Waals surface area (Å²) in [6, 6.07) is 5.28. The molecule has 1 aromatic carbocycles. The van der Waals surface area contributed by atoms with E-state index in [1.165, 1.54) is 6.92 Å². The van der Waals surface area contributed by atoms with Crippen molar-refractivity contribution < 1.29 is 14.3 Å². The largest absolute Gasteiger partial charge is 0.483 e. The molecule has 1 amide bonds. The second kappa shape index (κ2) is 8.04. The fourth-order valence-corrected chi connectivity index (χ4v) is 2.23. The molecule has 0 radical (unpaired) electrons. The molecule has 1 N–H and O–H groups in total. The van der Waals surface area contributed by atoms with E-state index in [4.69, 9.17) is 4.74 Å². The first-order valence-corrected chi connectivity index (χ1v) is 7.46. The summed E-state index contributed by atoms with van der Waals surface area (Å²) in [4.78, 5) is 23.2. The first kappa shape index (κ1) is 16.7. The van der Waals surface area contributed by atoms with Crippen molar-refractivity contribution in [1.29, 1.82) is 0 Å². The summed E-state index contributed by atoms with van der Waals surface area (Å²) in [6.45, 7) is 5.41. The number of ether oxygens (including phenoxy) is 1. The van der Waals surface area contributed by atoms with E-state index in [9.17, 15) is 9.59 Å². The molecular weight excluding hydrogens is 322 g/mol. The Kier molecular flexibility index (Phi) is 6.71. The van der Waals surface area contributed by atoms with Crippen LogP contribution in [-0.2, 0) is 4.79 Å². The third-order valence-electron chi connectivity index (χ3n) is 2.81. The highest BCUT2D eigenvalue weighted by Gasteiger charge is 2.12. The maximum absolute atomic E-state index is 11.7. The van der Waals surface area contributed by atoms with Gasteiger partial charge in [-0.25, -0.2) is 0 Å². The van der Waals surface area contributed by atoms with Crippen molar-refractivity contribution in [2.45, 2.75) is 39.7 Å². The molecule has 1 rings (SSSR count). The van der Waals surface area contributed by atoms with Crippen LogP contribution in [0.15, 0.2) is 22.7 Å². The van der Waals surface area contributed by atoms with Crippen LogP contribution in [-0.4, -0.2) is 24.3 Å². The summed E-state index contributed by atoms with van der Waals surface area (Å²) >= 11 is 3.31. The SMILES string of the molecule is CCCC(C)NC(=O)COc1ccc(Br)cc1C(C)=O. The standard InChI is InChI=1S/C15H20BrNO3/c1-4-5-10(2)17-15(19)9-20-14-7-6-12(16)8-13(14)11(3)18/h6-8,10H,4-5,9H2,1-3H3,(H,17,19). The van der Waals surface area contributed by atoms with Gasteiger partial charge < -0.3 is 10.1 Å². The minimum Gasteiger partial charge on any atom is -0.483 e. The van der Waals surface area contributed by atoms with E-state index in [0.717, 1.165) is 17.3 Å². The van der Waals surface area contributed by atoms with Crippen molar-refractivity contribution >= 4 is 27.6 Å². The van der Waals surface area contributed by atoms with Crippen molar-refractivity contribution in [2.24, 2.45) is 0 Å². The molecule has 0 aliphatic carbocycles. The molecule has 0 heterocycles. The maximum atomic E-state index is 11.7. The highest BCUT2D eigenvalue weighted by Crippen LogP contribution is 2.23. The first-order chi connectivity index (χ1) is 9.43. The maximum Gasteiger partial charge on any atom is 0.258 e. The Labute approximate surface area is 128 Å². The van der Waals surface area contributed by atoms with Crippen LogP contribution in [0.1, 0.15) is 44.0 Å². The van der Waals surface area contributed by atoms with Gasteiger partial charge in [0.25, 0.3) is 5.91 Å². The normalized spacial score (nSPS) is 11.8. The lowest BCUT2D eigenvalue weighted by molar-refractivity contribution is -0.123. The molecule has 0 bridgehead atoms. The van der Waals surface area contributed by atoms with E-state index in [1.54, 1.807) is 18.2 Å². The predicted octanol–water partition coefficient (Wildman–Crippen LogP) is 3.34. The summed E-state index contributed by atoms with van der Waals surface area (Å²) in [5.74, 6) is 0.156. The molecule has 4 nitrogen and oxygen atoms in total. The Morgan fingerprint density at radius 3 is 2.70 bits per heavy atom. The molecule has 1 aromatic rings. The van der Waals surface area contributed by atoms with Crippen LogP contribution in [0.2, 0.25) is 0 Å². The van der Waals surface area contributed by atoms with E-state index in [0.29, 0.717) is 11.3 Å². The van der Waals surface area contributed by atoms with Gasteiger partial charge >= 0.3 is 0 Å². The zero-order valence-corrected chi connectivity index (χ0v) is 13.6. The molecule has 20 heavy (non-hydrogen) atoms. The van der Waals surface area contributed by atoms with Gasteiger partial charge in [-0.1, -0.05) is 29.3 Å². The summed E-state index contributed by atoms with van der Waals surface area (Å²) in [5.41, 5.74) is 0.466. The number of benzene rings is 1. The van der Waals surface area contributed by atoms with Crippen molar-refractivity contribution in [1.82, 2.24) is 5.32 Å². The molecule has 5 heteroatoms. The molecule has 0 aliphatic rings. The van der Waals surface area contributed by atoms with E-state index in [1.807, 2.05) is 6.92 Å². The van der Waals surface area contributed by atoms with Gasteiger partial charge in [0.05, 0.1) is 5.56 Å². The number of Topliss-reactive ketones (excluding diaryl/α,β-unsaturated/α-hetero) is 1. The number of amides is 1. The van der Waals surface area contributed by atoms with Crippen molar-refractivity contribution in [2.75, 3.05) is 6.61 Å². The minimum absolute atomic E-state index is 0.0873. The van der Waals surface area contributed by atoms with Crippen LogP contribution in [0.3, 0.4) is 0 Å². The highest BCUT2D eigenvalue weighted by molar-refractivity contribution is 9.10. The van der Waals surface area contributed by atoms with E-state index in [2.05, 4.69) is 28.2 Å². The monoisotopic (exact) mass is 341 g/mol. The second-order valence-electron chi connectivity index (χ2n) is 4.74. The molecule has 0 aromatic heterocycles. The first-order valence-electron chi connectivity index (χ1n) is 6.66. The Bertz CT molecular complexity index is 488. The second-order valence-corrected chi connectivity index (χ2v) is 5.66. The number of ketones is 1. The Balaban J connectivity index is 2.61. The summed E-state index contributed by atoms with van der Waals surface area (Å²) in [5, 5.41) is 2.85. The average Bonchev–Trinajstić information content (AvgIpc) is 2.37. The molecule has 1 atom stereocenters. The molecule has 0 saturated carbocycles. The highest BCUT2D eigenvalue weighted by atomic mass is 79.9. The molecule has 0 aliphatic heterocycles. The third kappa shape index (κ3) is 5.33. The molecule has 0 spiro atoms. The zero-order valence-electron chi connectivity index (χ0n) is 12.0. The third-order valence-corrected chi connectivity index (χ3v) is 3.30. The lowest BCUT2D eigenvalue weighted by Gasteiger charge is -2.14. The van der Waals surface area contributed by atoms with Gasteiger partial charge in [0.15, 0.2) is 12.4 Å². The van der Waals surface area contributed by atoms with Crippen molar-refractivity contribution in [3.63, 3.8) is 0 Å². The van der Waals surface area contributed by atoms with Crippen molar-refractivity contribution in [3.8, 4) is 5.75 Å². The fraction of sp³-hybridized carbons (Fsp3) is 0.467. The number of hydrogen-bond acceptors (Lipinski definition) is 3. The lowest BCUT2D eigenvalue weighted by atomic mass is 10.1. The number of carbonyl (C=O) groups excluding carboxylic acids is 2. The minimum atomic E-state index is -0.177. The van der Waals surface area contributed by atoms with Gasteiger partial charge in [-0.05, 0) is 38.5 Å². The fourth-order valence-electron chi connectivity index (χ4n) is 1.87. The van der Waals surface area contributed by atoms with Crippen LogP contribution >= 0.6 is 15.9 Å². The predicted molar refractivity (Wildman–Crippen MR) is 82.2 cm³/mol. The van der Waals surface area contributed by atoms with Gasteiger partial charge in [-0.15, -0.1) is 0 Å². The van der Waals surface area contributed by atoms with Crippen LogP contribution in [0.4, 0.5) is 0 Å². The zero-order chi connectivity index (χ0) is 15.1. The van der Waals surface area contributed by atoms with Crippen LogP contribution in [0.5, 0.6) is 5.75 Å². The van der Waals surface area contributed by atoms with E-state index >= 15 is 0 Å². The molecule has 1 unspecified atom stereocenters. The van der Waals surface area contributed by atoms with Gasteiger partial charge in [-0.2, -0.15) is 0 Å². The van der Waals surface area contributed by atoms with E-state index < -0.39 is 0 Å². The van der Waals surface area contributed by atoms with Crippen LogP contribution < -0.4 is 10.1 Å². The van der Waals surface area contributed by atoms with Crippen LogP contribution in [0, 0.1) is 0 Å². The number of halogens is 1. The molecule has 0 fully saturated rings. The number of rotatable bonds is 7. The van der Waals surface area contributed by atoms with Gasteiger partial charge in [0.1, 0.15) is 5.75 Å². The quantitative estimate of drug-likeness (QED) is 0.774. The summed E-state index contributed by atoms with van der Waals surface area (Å²) in [7, 11) is 0. The molecule has 0 saturated heterocycles. The molecular formula is C15H20BrNO3. The number of nitrogens with one attached hydrogen (secondary N) is 1. The van der Waals surface area contributed by atoms with E-state index in [-0.39, 0.29) is 24.3 Å². The topological polar surface area (TPSA) is 55.4 Å². The van der Waals surface area contributed by atoms with Gasteiger partial charge in [-0.3, -0.25) is 9.59 Å². The number of hydrogen-bond donors (Lipinski definition) is 1.